The standard InChI is InChI=1S/C21H35N3O3/c1-14-9-10-24-13-19(5,23(8)16(26)20(14,24)6)12-21(18(2,3)4)11-15(25)22(7)17(21)27/h14H,9-13H2,1-8H3/t14-,19+,20+,21-/m0/s1. The lowest BCUT2D eigenvalue weighted by molar-refractivity contribution is -0.166. The van der Waals surface area contributed by atoms with Crippen LogP contribution in [0, 0.1) is 16.7 Å². The number of carbonyl (C=O) groups is 3. The zero-order chi connectivity index (χ0) is 20.6. The van der Waals surface area contributed by atoms with Crippen molar-refractivity contribution in [2.24, 2.45) is 16.7 Å². The summed E-state index contributed by atoms with van der Waals surface area (Å²) < 4.78 is 0. The predicted molar refractivity (Wildman–Crippen MR) is 104 cm³/mol. The summed E-state index contributed by atoms with van der Waals surface area (Å²) >= 11 is 0. The topological polar surface area (TPSA) is 60.9 Å². The molecule has 3 fully saturated rings. The summed E-state index contributed by atoms with van der Waals surface area (Å²) in [5.41, 5.74) is -2.12. The van der Waals surface area contributed by atoms with Crippen LogP contribution in [0.5, 0.6) is 0 Å². The summed E-state index contributed by atoms with van der Waals surface area (Å²) in [6.07, 6.45) is 1.73. The van der Waals surface area contributed by atoms with Gasteiger partial charge in [-0.3, -0.25) is 24.2 Å². The molecule has 27 heavy (non-hydrogen) atoms. The molecule has 6 heteroatoms. The van der Waals surface area contributed by atoms with E-state index in [1.165, 1.54) is 4.90 Å². The average molecular weight is 378 g/mol. The van der Waals surface area contributed by atoms with Crippen molar-refractivity contribution in [3.63, 3.8) is 0 Å². The molecule has 4 atom stereocenters. The fourth-order valence-corrected chi connectivity index (χ4v) is 5.57. The maximum atomic E-state index is 13.4. The maximum Gasteiger partial charge on any atom is 0.243 e. The summed E-state index contributed by atoms with van der Waals surface area (Å²) in [4.78, 5) is 44.5. The monoisotopic (exact) mass is 377 g/mol. The summed E-state index contributed by atoms with van der Waals surface area (Å²) in [6.45, 7) is 14.0. The highest BCUT2D eigenvalue weighted by atomic mass is 16.2. The van der Waals surface area contributed by atoms with E-state index in [-0.39, 0.29) is 29.6 Å². The molecule has 0 aromatic carbocycles. The SMILES string of the molecule is C[C@H]1CCN2C[C@@](C)(C[C@@]3(C(C)(C)C)CC(=O)N(C)C3=O)N(C)C(=O)[C@@]12C. The van der Waals surface area contributed by atoms with Crippen molar-refractivity contribution < 1.29 is 14.4 Å². The van der Waals surface area contributed by atoms with E-state index in [0.717, 1.165) is 19.5 Å². The zero-order valence-corrected chi connectivity index (χ0v) is 18.2. The van der Waals surface area contributed by atoms with Gasteiger partial charge in [-0.15, -0.1) is 0 Å². The molecule has 3 saturated heterocycles. The van der Waals surface area contributed by atoms with Gasteiger partial charge in [0.1, 0.15) is 5.54 Å². The summed E-state index contributed by atoms with van der Waals surface area (Å²) in [5, 5.41) is 0. The van der Waals surface area contributed by atoms with Gasteiger partial charge in [0.05, 0.1) is 11.0 Å². The maximum absolute atomic E-state index is 13.4. The van der Waals surface area contributed by atoms with Crippen LogP contribution in [-0.4, -0.2) is 70.7 Å². The molecule has 6 nitrogen and oxygen atoms in total. The van der Waals surface area contributed by atoms with E-state index in [2.05, 4.69) is 25.7 Å². The van der Waals surface area contributed by atoms with Crippen molar-refractivity contribution in [3.8, 4) is 0 Å². The molecule has 0 aromatic heterocycles. The number of carbonyl (C=O) groups excluding carboxylic acids is 3. The van der Waals surface area contributed by atoms with Crippen molar-refractivity contribution in [1.82, 2.24) is 14.7 Å². The summed E-state index contributed by atoms with van der Waals surface area (Å²) in [7, 11) is 3.45. The predicted octanol–water partition coefficient (Wildman–Crippen LogP) is 2.13. The van der Waals surface area contributed by atoms with Gasteiger partial charge >= 0.3 is 0 Å². The quantitative estimate of drug-likeness (QED) is 0.692. The number of nitrogens with zero attached hydrogens (tertiary/aromatic N) is 3. The smallest absolute Gasteiger partial charge is 0.243 e. The van der Waals surface area contributed by atoms with Crippen molar-refractivity contribution in [2.45, 2.75) is 71.9 Å². The third-order valence-corrected chi connectivity index (χ3v) is 8.19. The molecule has 0 aromatic rings. The summed E-state index contributed by atoms with van der Waals surface area (Å²) in [5.74, 6) is 0.220. The minimum Gasteiger partial charge on any atom is -0.337 e. The van der Waals surface area contributed by atoms with E-state index in [9.17, 15) is 14.4 Å². The van der Waals surface area contributed by atoms with E-state index in [1.54, 1.807) is 7.05 Å². The van der Waals surface area contributed by atoms with Crippen LogP contribution in [0.2, 0.25) is 0 Å². The molecule has 3 aliphatic heterocycles. The van der Waals surface area contributed by atoms with Gasteiger partial charge < -0.3 is 4.90 Å². The van der Waals surface area contributed by atoms with Crippen molar-refractivity contribution >= 4 is 17.7 Å². The number of hydrogen-bond donors (Lipinski definition) is 0. The van der Waals surface area contributed by atoms with Crippen molar-refractivity contribution in [3.05, 3.63) is 0 Å². The van der Waals surface area contributed by atoms with Crippen LogP contribution in [-0.2, 0) is 14.4 Å². The molecule has 3 heterocycles. The number of rotatable bonds is 2. The Bertz CT molecular complexity index is 699. The second kappa shape index (κ2) is 5.79. The van der Waals surface area contributed by atoms with Gasteiger partial charge in [0, 0.05) is 27.1 Å². The first-order valence-corrected chi connectivity index (χ1v) is 10.0. The van der Waals surface area contributed by atoms with E-state index in [0.29, 0.717) is 12.3 Å². The molecule has 0 spiro atoms. The fraction of sp³-hybridized carbons (Fsp3) is 0.857. The number of amides is 3. The number of fused-ring (bicyclic) bond motifs is 1. The first kappa shape index (κ1) is 20.3. The molecular formula is C21H35N3O3. The Labute approximate surface area is 163 Å². The Hall–Kier alpha value is -1.43. The Balaban J connectivity index is 2.01. The highest BCUT2D eigenvalue weighted by molar-refractivity contribution is 6.06. The Morgan fingerprint density at radius 3 is 2.15 bits per heavy atom. The highest BCUT2D eigenvalue weighted by Gasteiger charge is 2.63. The van der Waals surface area contributed by atoms with Crippen LogP contribution in [0.25, 0.3) is 0 Å². The number of likely N-dealkylation sites (tertiary alicyclic amines) is 1. The molecule has 3 aliphatic rings. The van der Waals surface area contributed by atoms with Crippen LogP contribution >= 0.6 is 0 Å². The van der Waals surface area contributed by atoms with Gasteiger partial charge in [-0.25, -0.2) is 0 Å². The molecule has 0 bridgehead atoms. The number of imide groups is 1. The zero-order valence-electron chi connectivity index (χ0n) is 18.2. The molecule has 0 saturated carbocycles. The van der Waals surface area contributed by atoms with Crippen molar-refractivity contribution in [2.75, 3.05) is 27.2 Å². The van der Waals surface area contributed by atoms with Gasteiger partial charge in [0.2, 0.25) is 17.7 Å². The van der Waals surface area contributed by atoms with Gasteiger partial charge in [-0.2, -0.15) is 0 Å². The van der Waals surface area contributed by atoms with E-state index < -0.39 is 16.5 Å². The van der Waals surface area contributed by atoms with E-state index >= 15 is 0 Å². The lowest BCUT2D eigenvalue weighted by Crippen LogP contribution is -2.72. The van der Waals surface area contributed by atoms with Crippen LogP contribution < -0.4 is 0 Å². The van der Waals surface area contributed by atoms with E-state index in [4.69, 9.17) is 0 Å². The van der Waals surface area contributed by atoms with Gasteiger partial charge in [0.15, 0.2) is 0 Å². The molecule has 0 unspecified atom stereocenters. The minimum atomic E-state index is -0.790. The lowest BCUT2D eigenvalue weighted by atomic mass is 9.59. The first-order chi connectivity index (χ1) is 12.2. The Kier molecular flexibility index (Phi) is 4.35. The second-order valence-electron chi connectivity index (χ2n) is 10.6. The lowest BCUT2D eigenvalue weighted by Gasteiger charge is -2.57. The van der Waals surface area contributed by atoms with Gasteiger partial charge in [-0.05, 0) is 44.6 Å². The van der Waals surface area contributed by atoms with Crippen LogP contribution in [0.1, 0.15) is 60.8 Å². The Morgan fingerprint density at radius 1 is 1.07 bits per heavy atom. The fourth-order valence-electron chi connectivity index (χ4n) is 5.57. The largest absolute Gasteiger partial charge is 0.337 e. The van der Waals surface area contributed by atoms with Crippen molar-refractivity contribution in [1.29, 1.82) is 0 Å². The molecule has 3 amide bonds. The minimum absolute atomic E-state index is 0.106. The third-order valence-electron chi connectivity index (χ3n) is 8.19. The summed E-state index contributed by atoms with van der Waals surface area (Å²) in [6, 6.07) is 0. The molecule has 0 aliphatic carbocycles. The van der Waals surface area contributed by atoms with Gasteiger partial charge in [-0.1, -0.05) is 27.7 Å². The molecular weight excluding hydrogens is 342 g/mol. The van der Waals surface area contributed by atoms with Crippen LogP contribution in [0.3, 0.4) is 0 Å². The van der Waals surface area contributed by atoms with E-state index in [1.807, 2.05) is 32.7 Å². The normalized spacial score (nSPS) is 40.9. The molecule has 0 N–H and O–H groups in total. The van der Waals surface area contributed by atoms with Gasteiger partial charge in [0.25, 0.3) is 0 Å². The Morgan fingerprint density at radius 2 is 1.67 bits per heavy atom. The third kappa shape index (κ3) is 2.51. The van der Waals surface area contributed by atoms with Crippen LogP contribution in [0.15, 0.2) is 0 Å². The average Bonchev–Trinajstić information content (AvgIpc) is 2.96. The first-order valence-electron chi connectivity index (χ1n) is 10.0. The van der Waals surface area contributed by atoms with Crippen LogP contribution in [0.4, 0.5) is 0 Å². The number of hydrogen-bond acceptors (Lipinski definition) is 4. The molecule has 0 radical (unpaired) electrons. The molecule has 3 rings (SSSR count). The highest BCUT2D eigenvalue weighted by Crippen LogP contribution is 2.54. The second-order valence-corrected chi connectivity index (χ2v) is 10.6. The number of piperazine rings is 1. The molecule has 152 valence electrons. The number of likely N-dealkylation sites (N-methyl/N-ethyl adjacent to an activating group) is 1.